The van der Waals surface area contributed by atoms with E-state index in [1.54, 1.807) is 12.3 Å². The molecule has 0 unspecified atom stereocenters. The highest BCUT2D eigenvalue weighted by molar-refractivity contribution is 6.06. The number of amides is 1. The molecule has 2 fully saturated rings. The van der Waals surface area contributed by atoms with Gasteiger partial charge in [0.05, 0.1) is 6.26 Å². The largest absolute Gasteiger partial charge is 0.464 e. The van der Waals surface area contributed by atoms with Crippen LogP contribution in [0.25, 0.3) is 11.0 Å². The third-order valence-corrected chi connectivity index (χ3v) is 5.60. The Morgan fingerprint density at radius 1 is 1.00 bits per heavy atom. The van der Waals surface area contributed by atoms with Crippen molar-refractivity contribution in [3.63, 3.8) is 0 Å². The fourth-order valence-electron chi connectivity index (χ4n) is 3.88. The molecule has 1 aromatic heterocycles. The summed E-state index contributed by atoms with van der Waals surface area (Å²) in [4.78, 5) is 14.9. The zero-order chi connectivity index (χ0) is 20.1. The molecule has 0 spiro atoms. The number of hydrogen-bond acceptors (Lipinski definition) is 4. The van der Waals surface area contributed by atoms with E-state index < -0.39 is 0 Å². The highest BCUT2D eigenvalue weighted by Gasteiger charge is 2.14. The van der Waals surface area contributed by atoms with Gasteiger partial charge in [-0.3, -0.25) is 4.79 Å². The summed E-state index contributed by atoms with van der Waals surface area (Å²) in [5.41, 5.74) is 4.48. The van der Waals surface area contributed by atoms with Crippen molar-refractivity contribution in [2.24, 2.45) is 0 Å². The Hall–Kier alpha value is -2.79. The standard InChI is InChI=1S/C20H20N2O2.C4H9N/c1-14-12-17(22-9-2-3-10-22)6-7-18(14)21-20(23)16-5-4-15-8-11-24-19(15)13-16;1-2-4-5-3-1/h4-8,11-13H,2-3,9-10H2,1H3,(H,21,23);5H,1-4H2. The Morgan fingerprint density at radius 2 is 1.79 bits per heavy atom. The van der Waals surface area contributed by atoms with Crippen LogP contribution >= 0.6 is 0 Å². The smallest absolute Gasteiger partial charge is 0.255 e. The highest BCUT2D eigenvalue weighted by Crippen LogP contribution is 2.26. The number of nitrogens with zero attached hydrogens (tertiary/aromatic N) is 1. The fourth-order valence-corrected chi connectivity index (χ4v) is 3.88. The van der Waals surface area contributed by atoms with Gasteiger partial charge < -0.3 is 20.0 Å². The van der Waals surface area contributed by atoms with Gasteiger partial charge in [0, 0.05) is 35.4 Å². The molecule has 29 heavy (non-hydrogen) atoms. The maximum atomic E-state index is 12.5. The van der Waals surface area contributed by atoms with Crippen LogP contribution in [0.4, 0.5) is 11.4 Å². The van der Waals surface area contributed by atoms with Crippen molar-refractivity contribution in [2.75, 3.05) is 36.4 Å². The third kappa shape index (κ3) is 4.80. The molecular formula is C24H29N3O2. The molecule has 0 radical (unpaired) electrons. The van der Waals surface area contributed by atoms with Crippen LogP contribution < -0.4 is 15.5 Å². The van der Waals surface area contributed by atoms with Gasteiger partial charge in [-0.05, 0) is 87.7 Å². The second kappa shape index (κ2) is 9.14. The number of furan rings is 1. The van der Waals surface area contributed by atoms with Gasteiger partial charge in [-0.1, -0.05) is 6.07 Å². The molecule has 5 nitrogen and oxygen atoms in total. The lowest BCUT2D eigenvalue weighted by atomic mass is 10.1. The van der Waals surface area contributed by atoms with Gasteiger partial charge >= 0.3 is 0 Å². The van der Waals surface area contributed by atoms with Crippen LogP contribution in [-0.4, -0.2) is 32.1 Å². The first-order valence-corrected chi connectivity index (χ1v) is 10.6. The number of carbonyl (C=O) groups is 1. The average Bonchev–Trinajstić information content (AvgIpc) is 3.52. The quantitative estimate of drug-likeness (QED) is 0.662. The number of fused-ring (bicyclic) bond motifs is 1. The van der Waals surface area contributed by atoms with Crippen molar-refractivity contribution >= 4 is 28.3 Å². The molecule has 3 aromatic rings. The van der Waals surface area contributed by atoms with Crippen molar-refractivity contribution in [2.45, 2.75) is 32.6 Å². The number of anilines is 2. The van der Waals surface area contributed by atoms with Crippen LogP contribution in [0, 0.1) is 6.92 Å². The summed E-state index contributed by atoms with van der Waals surface area (Å²) in [6, 6.07) is 13.6. The number of rotatable bonds is 3. The van der Waals surface area contributed by atoms with Gasteiger partial charge in [0.15, 0.2) is 0 Å². The normalized spacial score (nSPS) is 16.0. The Morgan fingerprint density at radius 3 is 2.48 bits per heavy atom. The summed E-state index contributed by atoms with van der Waals surface area (Å²) >= 11 is 0. The minimum absolute atomic E-state index is 0.120. The molecule has 2 aromatic carbocycles. The second-order valence-corrected chi connectivity index (χ2v) is 7.78. The number of nitrogens with one attached hydrogen (secondary N) is 2. The van der Waals surface area contributed by atoms with Crippen molar-refractivity contribution in [1.29, 1.82) is 0 Å². The molecule has 0 bridgehead atoms. The molecule has 5 rings (SSSR count). The molecule has 2 aliphatic heterocycles. The van der Waals surface area contributed by atoms with E-state index in [1.807, 2.05) is 31.2 Å². The van der Waals surface area contributed by atoms with Gasteiger partial charge in [0.1, 0.15) is 5.58 Å². The van der Waals surface area contributed by atoms with Gasteiger partial charge in [0.2, 0.25) is 0 Å². The first-order valence-electron chi connectivity index (χ1n) is 10.6. The predicted octanol–water partition coefficient (Wildman–Crippen LogP) is 4.96. The van der Waals surface area contributed by atoms with Crippen molar-refractivity contribution < 1.29 is 9.21 Å². The molecule has 0 saturated carbocycles. The summed E-state index contributed by atoms with van der Waals surface area (Å²) < 4.78 is 5.37. The lowest BCUT2D eigenvalue weighted by Gasteiger charge is -2.19. The van der Waals surface area contributed by atoms with E-state index >= 15 is 0 Å². The van der Waals surface area contributed by atoms with E-state index in [0.717, 1.165) is 35.3 Å². The zero-order valence-corrected chi connectivity index (χ0v) is 17.0. The summed E-state index contributed by atoms with van der Waals surface area (Å²) in [7, 11) is 0. The van der Waals surface area contributed by atoms with E-state index in [4.69, 9.17) is 4.42 Å². The second-order valence-electron chi connectivity index (χ2n) is 7.78. The molecule has 2 aliphatic rings. The zero-order valence-electron chi connectivity index (χ0n) is 17.0. The van der Waals surface area contributed by atoms with E-state index in [1.165, 1.54) is 44.5 Å². The van der Waals surface area contributed by atoms with Crippen LogP contribution in [-0.2, 0) is 0 Å². The van der Waals surface area contributed by atoms with Gasteiger partial charge in [0.25, 0.3) is 5.91 Å². The van der Waals surface area contributed by atoms with Crippen LogP contribution in [0.15, 0.2) is 53.1 Å². The monoisotopic (exact) mass is 391 g/mol. The van der Waals surface area contributed by atoms with Crippen LogP contribution in [0.2, 0.25) is 0 Å². The molecule has 2 N–H and O–H groups in total. The minimum Gasteiger partial charge on any atom is -0.464 e. The number of carbonyl (C=O) groups excluding carboxylic acids is 1. The number of benzene rings is 2. The topological polar surface area (TPSA) is 57.5 Å². The molecule has 2 saturated heterocycles. The lowest BCUT2D eigenvalue weighted by Crippen LogP contribution is -2.18. The average molecular weight is 392 g/mol. The van der Waals surface area contributed by atoms with Crippen molar-refractivity contribution in [1.82, 2.24) is 5.32 Å². The Bertz CT molecular complexity index is 962. The van der Waals surface area contributed by atoms with Crippen LogP contribution in [0.5, 0.6) is 0 Å². The van der Waals surface area contributed by atoms with E-state index in [0.29, 0.717) is 5.56 Å². The molecule has 1 amide bonds. The van der Waals surface area contributed by atoms with Gasteiger partial charge in [-0.25, -0.2) is 0 Å². The summed E-state index contributed by atoms with van der Waals surface area (Å²) in [5.74, 6) is -0.120. The van der Waals surface area contributed by atoms with Gasteiger partial charge in [-0.2, -0.15) is 0 Å². The Kier molecular flexibility index (Phi) is 6.15. The molecule has 3 heterocycles. The van der Waals surface area contributed by atoms with Crippen molar-refractivity contribution in [3.8, 4) is 0 Å². The molecular weight excluding hydrogens is 362 g/mol. The first-order chi connectivity index (χ1) is 14.2. The van der Waals surface area contributed by atoms with Crippen molar-refractivity contribution in [3.05, 3.63) is 59.9 Å². The van der Waals surface area contributed by atoms with E-state index in [-0.39, 0.29) is 5.91 Å². The SMILES string of the molecule is C1CCNC1.Cc1cc(N2CCCC2)ccc1NC(=O)c1ccc2ccoc2c1. The molecule has 152 valence electrons. The molecule has 0 aliphatic carbocycles. The highest BCUT2D eigenvalue weighted by atomic mass is 16.3. The third-order valence-electron chi connectivity index (χ3n) is 5.60. The fraction of sp³-hybridized carbons (Fsp3) is 0.375. The first kappa shape index (κ1) is 19.5. The maximum absolute atomic E-state index is 12.5. The Balaban J connectivity index is 0.000000359. The molecule has 0 atom stereocenters. The summed E-state index contributed by atoms with van der Waals surface area (Å²) in [6.07, 6.45) is 6.92. The Labute approximate surface area is 172 Å². The maximum Gasteiger partial charge on any atom is 0.255 e. The number of aryl methyl sites for hydroxylation is 1. The lowest BCUT2D eigenvalue weighted by molar-refractivity contribution is 0.102. The number of hydrogen-bond donors (Lipinski definition) is 2. The van der Waals surface area contributed by atoms with Gasteiger partial charge in [-0.15, -0.1) is 0 Å². The summed E-state index contributed by atoms with van der Waals surface area (Å²) in [6.45, 7) is 6.77. The van der Waals surface area contributed by atoms with E-state index in [2.05, 4.69) is 27.7 Å². The van der Waals surface area contributed by atoms with Crippen LogP contribution in [0.3, 0.4) is 0 Å². The molecule has 5 heteroatoms. The summed E-state index contributed by atoms with van der Waals surface area (Å²) in [5, 5.41) is 7.22. The van der Waals surface area contributed by atoms with Crippen LogP contribution in [0.1, 0.15) is 41.6 Å². The minimum atomic E-state index is -0.120. The predicted molar refractivity (Wildman–Crippen MR) is 119 cm³/mol. The van der Waals surface area contributed by atoms with E-state index in [9.17, 15) is 4.79 Å².